The van der Waals surface area contributed by atoms with Crippen molar-refractivity contribution in [2.24, 2.45) is 0 Å². The summed E-state index contributed by atoms with van der Waals surface area (Å²) in [6.45, 7) is 4.28. The normalized spacial score (nSPS) is 12.3. The summed E-state index contributed by atoms with van der Waals surface area (Å²) in [5.41, 5.74) is 2.43. The summed E-state index contributed by atoms with van der Waals surface area (Å²) in [6, 6.07) is 15.9. The summed E-state index contributed by atoms with van der Waals surface area (Å²) in [5.74, 6) is 0.0780. The van der Waals surface area contributed by atoms with E-state index in [9.17, 15) is 15.2 Å². The van der Waals surface area contributed by atoms with Crippen molar-refractivity contribution in [2.45, 2.75) is 26.2 Å². The van der Waals surface area contributed by atoms with Crippen LogP contribution in [-0.4, -0.2) is 11.0 Å². The van der Waals surface area contributed by atoms with Gasteiger partial charge in [-0.15, -0.1) is 0 Å². The summed E-state index contributed by atoms with van der Waals surface area (Å²) in [4.78, 5) is 12.2. The second kappa shape index (κ2) is 7.98. The third-order valence-corrected chi connectivity index (χ3v) is 3.90. The third kappa shape index (κ3) is 4.47. The Labute approximate surface area is 142 Å². The maximum absolute atomic E-state index is 12.2. The van der Waals surface area contributed by atoms with Gasteiger partial charge >= 0.3 is 0 Å². The van der Waals surface area contributed by atoms with Crippen LogP contribution in [0.3, 0.4) is 0 Å². The highest BCUT2D eigenvalue weighted by Crippen LogP contribution is 2.21. The molecule has 1 atom stereocenters. The van der Waals surface area contributed by atoms with Crippen LogP contribution in [0.4, 0.5) is 5.69 Å². The molecule has 1 amide bonds. The molecule has 0 saturated heterocycles. The van der Waals surface area contributed by atoms with E-state index in [0.29, 0.717) is 17.2 Å². The maximum Gasteiger partial charge on any atom is 0.266 e. The average molecular weight is 320 g/mol. The number of carbonyl (C=O) groups is 1. The predicted molar refractivity (Wildman–Crippen MR) is 95.5 cm³/mol. The number of nitrogens with one attached hydrogen (secondary N) is 1. The standard InChI is InChI=1S/C20H20N2O2/c1-3-14(2)16-7-9-18(10-8-16)22-20(24)17(13-21)11-15-5-4-6-19(23)12-15/h4-12,14,23H,3H2,1-2H3,(H,22,24)/b17-11+/t14-/m1/s1. The van der Waals surface area contributed by atoms with E-state index in [4.69, 9.17) is 0 Å². The number of benzene rings is 2. The Morgan fingerprint density at radius 2 is 2.00 bits per heavy atom. The van der Waals surface area contributed by atoms with Gasteiger partial charge in [0, 0.05) is 5.69 Å². The van der Waals surface area contributed by atoms with Gasteiger partial charge in [-0.25, -0.2) is 0 Å². The van der Waals surface area contributed by atoms with E-state index in [-0.39, 0.29) is 11.3 Å². The van der Waals surface area contributed by atoms with Crippen molar-refractivity contribution in [2.75, 3.05) is 5.32 Å². The van der Waals surface area contributed by atoms with Crippen molar-refractivity contribution in [3.05, 3.63) is 65.2 Å². The summed E-state index contributed by atoms with van der Waals surface area (Å²) in [7, 11) is 0. The van der Waals surface area contributed by atoms with Crippen molar-refractivity contribution < 1.29 is 9.90 Å². The zero-order valence-corrected chi connectivity index (χ0v) is 13.8. The number of phenolic OH excluding ortho intramolecular Hbond substituents is 1. The third-order valence-electron chi connectivity index (χ3n) is 3.90. The fraction of sp³-hybridized carbons (Fsp3) is 0.200. The van der Waals surface area contributed by atoms with Gasteiger partial charge in [0.25, 0.3) is 5.91 Å². The first-order chi connectivity index (χ1) is 11.5. The van der Waals surface area contributed by atoms with E-state index in [1.807, 2.05) is 30.3 Å². The molecule has 2 rings (SSSR count). The molecule has 0 aliphatic carbocycles. The molecule has 0 saturated carbocycles. The number of hydrogen-bond acceptors (Lipinski definition) is 3. The Kier molecular flexibility index (Phi) is 5.75. The van der Waals surface area contributed by atoms with Crippen molar-refractivity contribution in [1.29, 1.82) is 5.26 Å². The molecule has 2 aromatic rings. The van der Waals surface area contributed by atoms with Crippen LogP contribution in [0.1, 0.15) is 37.3 Å². The van der Waals surface area contributed by atoms with Gasteiger partial charge in [-0.05, 0) is 53.8 Å². The number of anilines is 1. The Balaban J connectivity index is 2.14. The first-order valence-corrected chi connectivity index (χ1v) is 7.85. The van der Waals surface area contributed by atoms with Crippen LogP contribution in [0.25, 0.3) is 6.08 Å². The summed E-state index contributed by atoms with van der Waals surface area (Å²) < 4.78 is 0. The number of aromatic hydroxyl groups is 1. The quantitative estimate of drug-likeness (QED) is 0.631. The van der Waals surface area contributed by atoms with Crippen molar-refractivity contribution in [1.82, 2.24) is 0 Å². The number of carbonyl (C=O) groups excluding carboxylic acids is 1. The number of nitriles is 1. The molecule has 0 unspecified atom stereocenters. The van der Waals surface area contributed by atoms with Crippen molar-refractivity contribution in [3.8, 4) is 11.8 Å². The highest BCUT2D eigenvalue weighted by molar-refractivity contribution is 6.09. The van der Waals surface area contributed by atoms with Gasteiger partial charge in [0.1, 0.15) is 17.4 Å². The Morgan fingerprint density at radius 1 is 1.29 bits per heavy atom. The lowest BCUT2D eigenvalue weighted by Gasteiger charge is -2.10. The minimum absolute atomic E-state index is 0.0217. The second-order valence-electron chi connectivity index (χ2n) is 5.65. The minimum Gasteiger partial charge on any atom is -0.508 e. The van der Waals surface area contributed by atoms with E-state index in [1.54, 1.807) is 12.1 Å². The lowest BCUT2D eigenvalue weighted by molar-refractivity contribution is -0.112. The van der Waals surface area contributed by atoms with Gasteiger partial charge < -0.3 is 10.4 Å². The van der Waals surface area contributed by atoms with Crippen LogP contribution in [0, 0.1) is 11.3 Å². The molecular weight excluding hydrogens is 300 g/mol. The maximum atomic E-state index is 12.2. The summed E-state index contributed by atoms with van der Waals surface area (Å²) in [6.07, 6.45) is 2.50. The predicted octanol–water partition coefficient (Wildman–Crippen LogP) is 4.45. The van der Waals surface area contributed by atoms with Gasteiger partial charge in [-0.3, -0.25) is 4.79 Å². The fourth-order valence-corrected chi connectivity index (χ4v) is 2.26. The highest BCUT2D eigenvalue weighted by Gasteiger charge is 2.10. The molecular formula is C20H20N2O2. The largest absolute Gasteiger partial charge is 0.508 e. The number of amides is 1. The van der Waals surface area contributed by atoms with Crippen LogP contribution in [0.15, 0.2) is 54.1 Å². The average Bonchev–Trinajstić information content (AvgIpc) is 2.59. The molecule has 0 bridgehead atoms. The number of nitrogens with zero attached hydrogens (tertiary/aromatic N) is 1. The topological polar surface area (TPSA) is 73.1 Å². The molecule has 0 aliphatic heterocycles. The van der Waals surface area contributed by atoms with E-state index < -0.39 is 5.91 Å². The number of hydrogen-bond donors (Lipinski definition) is 2. The van der Waals surface area contributed by atoms with Gasteiger partial charge in [0.05, 0.1) is 0 Å². The van der Waals surface area contributed by atoms with E-state index in [0.717, 1.165) is 6.42 Å². The van der Waals surface area contributed by atoms with Gasteiger partial charge in [0.15, 0.2) is 0 Å². The van der Waals surface area contributed by atoms with Crippen molar-refractivity contribution >= 4 is 17.7 Å². The highest BCUT2D eigenvalue weighted by atomic mass is 16.3. The zero-order chi connectivity index (χ0) is 17.5. The zero-order valence-electron chi connectivity index (χ0n) is 13.8. The number of phenols is 1. The molecule has 4 heteroatoms. The van der Waals surface area contributed by atoms with Gasteiger partial charge in [0.2, 0.25) is 0 Å². The molecule has 0 aliphatic rings. The molecule has 0 radical (unpaired) electrons. The molecule has 0 heterocycles. The SMILES string of the molecule is CC[C@@H](C)c1ccc(NC(=O)/C(C#N)=C/c2cccc(O)c2)cc1. The van der Waals surface area contributed by atoms with E-state index in [2.05, 4.69) is 19.2 Å². The molecule has 0 fully saturated rings. The van der Waals surface area contributed by atoms with E-state index in [1.165, 1.54) is 23.8 Å². The Bertz CT molecular complexity index is 786. The lowest BCUT2D eigenvalue weighted by Crippen LogP contribution is -2.13. The van der Waals surface area contributed by atoms with Gasteiger partial charge in [-0.1, -0.05) is 38.1 Å². The molecule has 2 aromatic carbocycles. The molecule has 4 nitrogen and oxygen atoms in total. The molecule has 2 N–H and O–H groups in total. The summed E-state index contributed by atoms with van der Waals surface area (Å²) >= 11 is 0. The van der Waals surface area contributed by atoms with Crippen LogP contribution in [0.5, 0.6) is 5.75 Å². The second-order valence-corrected chi connectivity index (χ2v) is 5.65. The smallest absolute Gasteiger partial charge is 0.266 e. The molecule has 0 spiro atoms. The molecule has 122 valence electrons. The van der Waals surface area contributed by atoms with Gasteiger partial charge in [-0.2, -0.15) is 5.26 Å². The monoisotopic (exact) mass is 320 g/mol. The van der Waals surface area contributed by atoms with Crippen LogP contribution in [0.2, 0.25) is 0 Å². The van der Waals surface area contributed by atoms with Crippen LogP contribution < -0.4 is 5.32 Å². The van der Waals surface area contributed by atoms with E-state index >= 15 is 0 Å². The van der Waals surface area contributed by atoms with Crippen LogP contribution >= 0.6 is 0 Å². The minimum atomic E-state index is -0.475. The Hall–Kier alpha value is -3.06. The molecule has 0 aromatic heterocycles. The van der Waals surface area contributed by atoms with Crippen molar-refractivity contribution in [3.63, 3.8) is 0 Å². The lowest BCUT2D eigenvalue weighted by atomic mass is 9.98. The Morgan fingerprint density at radius 3 is 2.58 bits per heavy atom. The fourth-order valence-electron chi connectivity index (χ4n) is 2.26. The molecule has 24 heavy (non-hydrogen) atoms. The number of rotatable bonds is 5. The first-order valence-electron chi connectivity index (χ1n) is 7.85. The summed E-state index contributed by atoms with van der Waals surface area (Å²) in [5, 5.41) is 21.4. The first kappa shape index (κ1) is 17.3. The van der Waals surface area contributed by atoms with Crippen LogP contribution in [-0.2, 0) is 4.79 Å².